The van der Waals surface area contributed by atoms with E-state index in [4.69, 9.17) is 0 Å². The zero-order chi connectivity index (χ0) is 14.8. The van der Waals surface area contributed by atoms with Gasteiger partial charge in [-0.05, 0) is 31.9 Å². The van der Waals surface area contributed by atoms with E-state index in [2.05, 4.69) is 4.98 Å². The molecule has 2 heterocycles. The second-order valence-electron chi connectivity index (χ2n) is 5.23. The molecule has 1 fully saturated rings. The lowest BCUT2D eigenvalue weighted by Crippen LogP contribution is -2.30. The second kappa shape index (κ2) is 5.77. The predicted octanol–water partition coefficient (Wildman–Crippen LogP) is 3.24. The fraction of sp³-hybridized carbons (Fsp3) is 0.312. The molecule has 1 aliphatic rings. The number of carbonyl (C=O) groups is 2. The first-order valence-corrected chi connectivity index (χ1v) is 7.85. The first kappa shape index (κ1) is 13.9. The molecule has 0 bridgehead atoms. The Labute approximate surface area is 127 Å². The molecular formula is C16H16N2O2S. The summed E-state index contributed by atoms with van der Waals surface area (Å²) in [5.41, 5.74) is 2.10. The molecule has 0 radical (unpaired) electrons. The summed E-state index contributed by atoms with van der Waals surface area (Å²) >= 11 is 1.61. The van der Waals surface area contributed by atoms with Crippen LogP contribution in [0.25, 0.3) is 0 Å². The highest BCUT2D eigenvalue weighted by molar-refractivity contribution is 7.09. The van der Waals surface area contributed by atoms with Crippen LogP contribution in [0.4, 0.5) is 0 Å². The van der Waals surface area contributed by atoms with E-state index in [9.17, 15) is 9.59 Å². The number of carbonyl (C=O) groups excluding carboxylic acids is 2. The van der Waals surface area contributed by atoms with Crippen molar-refractivity contribution in [1.29, 1.82) is 0 Å². The zero-order valence-corrected chi connectivity index (χ0v) is 12.6. The van der Waals surface area contributed by atoms with Crippen LogP contribution in [-0.4, -0.2) is 28.6 Å². The van der Waals surface area contributed by atoms with Gasteiger partial charge in [0.25, 0.3) is 5.91 Å². The highest BCUT2D eigenvalue weighted by Crippen LogP contribution is 2.34. The second-order valence-corrected chi connectivity index (χ2v) is 6.12. The van der Waals surface area contributed by atoms with E-state index < -0.39 is 0 Å². The summed E-state index contributed by atoms with van der Waals surface area (Å²) in [5, 5.41) is 3.02. The van der Waals surface area contributed by atoms with Crippen LogP contribution < -0.4 is 0 Å². The molecule has 0 aliphatic carbocycles. The SMILES string of the molecule is Cc1csc(C2CCCN2C(=O)c2cccc(C=O)c2)n1. The number of hydrogen-bond donors (Lipinski definition) is 0. The predicted molar refractivity (Wildman–Crippen MR) is 81.7 cm³/mol. The molecule has 21 heavy (non-hydrogen) atoms. The van der Waals surface area contributed by atoms with Crippen molar-refractivity contribution in [3.05, 3.63) is 51.5 Å². The number of benzene rings is 1. The van der Waals surface area contributed by atoms with Gasteiger partial charge < -0.3 is 4.90 Å². The van der Waals surface area contributed by atoms with Gasteiger partial charge >= 0.3 is 0 Å². The third kappa shape index (κ3) is 2.74. The number of likely N-dealkylation sites (tertiary alicyclic amines) is 1. The molecule has 1 amide bonds. The van der Waals surface area contributed by atoms with E-state index in [-0.39, 0.29) is 11.9 Å². The van der Waals surface area contributed by atoms with Gasteiger partial charge in [-0.15, -0.1) is 11.3 Å². The number of aldehydes is 1. The molecule has 1 aromatic heterocycles. The lowest BCUT2D eigenvalue weighted by atomic mass is 10.1. The quantitative estimate of drug-likeness (QED) is 0.818. The van der Waals surface area contributed by atoms with Gasteiger partial charge in [0.05, 0.1) is 6.04 Å². The Morgan fingerprint density at radius 3 is 3.05 bits per heavy atom. The average Bonchev–Trinajstić information content (AvgIpc) is 3.15. The van der Waals surface area contributed by atoms with E-state index in [0.29, 0.717) is 11.1 Å². The maximum atomic E-state index is 12.7. The van der Waals surface area contributed by atoms with Crippen LogP contribution in [0.15, 0.2) is 29.6 Å². The molecule has 4 nitrogen and oxygen atoms in total. The third-order valence-corrected chi connectivity index (χ3v) is 4.77. The molecule has 108 valence electrons. The van der Waals surface area contributed by atoms with Crippen LogP contribution in [0.5, 0.6) is 0 Å². The topological polar surface area (TPSA) is 50.3 Å². The van der Waals surface area contributed by atoms with Crippen molar-refractivity contribution in [2.24, 2.45) is 0 Å². The van der Waals surface area contributed by atoms with Crippen molar-refractivity contribution < 1.29 is 9.59 Å². The van der Waals surface area contributed by atoms with Crippen LogP contribution in [-0.2, 0) is 0 Å². The van der Waals surface area contributed by atoms with Gasteiger partial charge in [-0.2, -0.15) is 0 Å². The van der Waals surface area contributed by atoms with Gasteiger partial charge in [-0.3, -0.25) is 9.59 Å². The summed E-state index contributed by atoms with van der Waals surface area (Å²) in [5.74, 6) is -0.0194. The molecule has 0 spiro atoms. The summed E-state index contributed by atoms with van der Waals surface area (Å²) in [7, 11) is 0. The minimum atomic E-state index is -0.0194. The van der Waals surface area contributed by atoms with E-state index in [1.165, 1.54) is 0 Å². The molecule has 3 rings (SSSR count). The standard InChI is InChI=1S/C16H16N2O2S/c1-11-10-21-15(17-11)14-6-3-7-18(14)16(20)13-5-2-4-12(8-13)9-19/h2,4-5,8-10,14H,3,6-7H2,1H3. The van der Waals surface area contributed by atoms with Gasteiger partial charge in [0.2, 0.25) is 0 Å². The number of hydrogen-bond acceptors (Lipinski definition) is 4. The minimum Gasteiger partial charge on any atom is -0.329 e. The van der Waals surface area contributed by atoms with Gasteiger partial charge in [0.15, 0.2) is 0 Å². The monoisotopic (exact) mass is 300 g/mol. The fourth-order valence-electron chi connectivity index (χ4n) is 2.70. The first-order chi connectivity index (χ1) is 10.2. The molecule has 0 N–H and O–H groups in total. The largest absolute Gasteiger partial charge is 0.329 e. The number of rotatable bonds is 3. The van der Waals surface area contributed by atoms with Crippen molar-refractivity contribution in [2.75, 3.05) is 6.54 Å². The van der Waals surface area contributed by atoms with E-state index in [0.717, 1.165) is 36.4 Å². The molecule has 5 heteroatoms. The van der Waals surface area contributed by atoms with Gasteiger partial charge in [-0.25, -0.2) is 4.98 Å². The van der Waals surface area contributed by atoms with Crippen molar-refractivity contribution >= 4 is 23.5 Å². The smallest absolute Gasteiger partial charge is 0.254 e. The van der Waals surface area contributed by atoms with Crippen molar-refractivity contribution in [3.63, 3.8) is 0 Å². The number of aryl methyl sites for hydroxylation is 1. The molecule has 0 saturated carbocycles. The van der Waals surface area contributed by atoms with Crippen molar-refractivity contribution in [1.82, 2.24) is 9.88 Å². The molecular weight excluding hydrogens is 284 g/mol. The molecule has 1 unspecified atom stereocenters. The van der Waals surface area contributed by atoms with E-state index in [1.807, 2.05) is 17.2 Å². The molecule has 1 aliphatic heterocycles. The zero-order valence-electron chi connectivity index (χ0n) is 11.8. The Morgan fingerprint density at radius 1 is 1.48 bits per heavy atom. The third-order valence-electron chi connectivity index (χ3n) is 3.71. The normalized spacial score (nSPS) is 18.0. The van der Waals surface area contributed by atoms with Crippen molar-refractivity contribution in [2.45, 2.75) is 25.8 Å². The highest BCUT2D eigenvalue weighted by Gasteiger charge is 2.32. The number of aromatic nitrogens is 1. The lowest BCUT2D eigenvalue weighted by molar-refractivity contribution is 0.0735. The van der Waals surface area contributed by atoms with Crippen LogP contribution >= 0.6 is 11.3 Å². The lowest BCUT2D eigenvalue weighted by Gasteiger charge is -2.23. The summed E-state index contributed by atoms with van der Waals surface area (Å²) in [6, 6.07) is 6.93. The maximum Gasteiger partial charge on any atom is 0.254 e. The van der Waals surface area contributed by atoms with Crippen LogP contribution in [0.2, 0.25) is 0 Å². The van der Waals surface area contributed by atoms with E-state index >= 15 is 0 Å². The Morgan fingerprint density at radius 2 is 2.33 bits per heavy atom. The van der Waals surface area contributed by atoms with E-state index in [1.54, 1.807) is 35.6 Å². The molecule has 1 saturated heterocycles. The average molecular weight is 300 g/mol. The van der Waals surface area contributed by atoms with Gasteiger partial charge in [0, 0.05) is 28.7 Å². The minimum absolute atomic E-state index is 0.0194. The van der Waals surface area contributed by atoms with Crippen LogP contribution in [0.3, 0.4) is 0 Å². The van der Waals surface area contributed by atoms with Gasteiger partial charge in [-0.1, -0.05) is 12.1 Å². The van der Waals surface area contributed by atoms with Crippen molar-refractivity contribution in [3.8, 4) is 0 Å². The summed E-state index contributed by atoms with van der Waals surface area (Å²) < 4.78 is 0. The highest BCUT2D eigenvalue weighted by atomic mass is 32.1. The molecule has 1 aromatic carbocycles. The Balaban J connectivity index is 1.87. The molecule has 1 atom stereocenters. The number of thiazole rings is 1. The van der Waals surface area contributed by atoms with Crippen LogP contribution in [0.1, 0.15) is 50.3 Å². The number of amides is 1. The number of nitrogens with zero attached hydrogens (tertiary/aromatic N) is 2. The molecule has 2 aromatic rings. The summed E-state index contributed by atoms with van der Waals surface area (Å²) in [6.07, 6.45) is 2.71. The maximum absolute atomic E-state index is 12.7. The summed E-state index contributed by atoms with van der Waals surface area (Å²) in [6.45, 7) is 2.71. The van der Waals surface area contributed by atoms with Gasteiger partial charge in [0.1, 0.15) is 11.3 Å². The Kier molecular flexibility index (Phi) is 3.84. The first-order valence-electron chi connectivity index (χ1n) is 6.97. The summed E-state index contributed by atoms with van der Waals surface area (Å²) in [4.78, 5) is 29.9. The fourth-order valence-corrected chi connectivity index (χ4v) is 3.65. The van der Waals surface area contributed by atoms with Crippen LogP contribution in [0, 0.1) is 6.92 Å². The Bertz CT molecular complexity index is 680. The Hall–Kier alpha value is -2.01.